The number of carbonyl (C=O) groups excluding carboxylic acids is 1. The summed E-state index contributed by atoms with van der Waals surface area (Å²) < 4.78 is 29.2. The van der Waals surface area contributed by atoms with Crippen LogP contribution in [0.3, 0.4) is 0 Å². The van der Waals surface area contributed by atoms with Crippen molar-refractivity contribution in [2.24, 2.45) is 0 Å². The first-order valence-electron chi connectivity index (χ1n) is 8.67. The monoisotopic (exact) mass is 395 g/mol. The van der Waals surface area contributed by atoms with Crippen LogP contribution in [0.1, 0.15) is 25.3 Å². The number of benzene rings is 2. The number of rotatable bonds is 10. The molecular weight excluding hydrogens is 373 g/mol. The van der Waals surface area contributed by atoms with E-state index < -0.39 is 0 Å². The van der Waals surface area contributed by atoms with Gasteiger partial charge in [0.05, 0.1) is 25.3 Å². The second-order valence-electron chi connectivity index (χ2n) is 5.73. The zero-order chi connectivity index (χ0) is 19.6. The van der Waals surface area contributed by atoms with Crippen LogP contribution in [0.5, 0.6) is 17.2 Å². The predicted octanol–water partition coefficient (Wildman–Crippen LogP) is 4.36. The average molecular weight is 396 g/mol. The van der Waals surface area contributed by atoms with E-state index in [1.165, 1.54) is 19.2 Å². The zero-order valence-corrected chi connectivity index (χ0v) is 16.1. The fraction of sp³-hybridized carbons (Fsp3) is 0.350. The van der Waals surface area contributed by atoms with Crippen molar-refractivity contribution in [3.63, 3.8) is 0 Å². The van der Waals surface area contributed by atoms with Gasteiger partial charge in [-0.15, -0.1) is 0 Å². The fourth-order valence-corrected chi connectivity index (χ4v) is 2.72. The molecule has 5 nitrogen and oxygen atoms in total. The van der Waals surface area contributed by atoms with Gasteiger partial charge in [-0.2, -0.15) is 0 Å². The molecule has 7 heteroatoms. The molecule has 1 N–H and O–H groups in total. The second kappa shape index (κ2) is 10.6. The number of hydrogen-bond donors (Lipinski definition) is 1. The van der Waals surface area contributed by atoms with Gasteiger partial charge in [0.25, 0.3) is 0 Å². The van der Waals surface area contributed by atoms with Gasteiger partial charge in [0.2, 0.25) is 5.91 Å². The van der Waals surface area contributed by atoms with Gasteiger partial charge in [-0.3, -0.25) is 4.79 Å². The van der Waals surface area contributed by atoms with Crippen molar-refractivity contribution >= 4 is 17.5 Å². The van der Waals surface area contributed by atoms with E-state index in [-0.39, 0.29) is 11.7 Å². The molecule has 0 spiro atoms. The number of ether oxygens (including phenoxy) is 3. The molecule has 0 heterocycles. The smallest absolute Gasteiger partial charge is 0.220 e. The van der Waals surface area contributed by atoms with Crippen LogP contribution < -0.4 is 19.5 Å². The first-order valence-corrected chi connectivity index (χ1v) is 9.05. The minimum absolute atomic E-state index is 0.109. The summed E-state index contributed by atoms with van der Waals surface area (Å²) in [5.74, 6) is 1.01. The lowest BCUT2D eigenvalue weighted by molar-refractivity contribution is -0.121. The van der Waals surface area contributed by atoms with Crippen molar-refractivity contribution in [3.8, 4) is 17.2 Å². The van der Waals surface area contributed by atoms with E-state index in [1.807, 2.05) is 6.92 Å². The maximum Gasteiger partial charge on any atom is 0.220 e. The summed E-state index contributed by atoms with van der Waals surface area (Å²) in [6, 6.07) is 9.43. The lowest BCUT2D eigenvalue weighted by atomic mass is 10.2. The van der Waals surface area contributed by atoms with Gasteiger partial charge in [0, 0.05) is 19.0 Å². The van der Waals surface area contributed by atoms with Crippen molar-refractivity contribution < 1.29 is 23.4 Å². The molecular formula is C20H23ClFNO4. The van der Waals surface area contributed by atoms with Crippen LogP contribution in [0.2, 0.25) is 5.02 Å². The quantitative estimate of drug-likeness (QED) is 0.607. The van der Waals surface area contributed by atoms with Gasteiger partial charge in [-0.25, -0.2) is 4.39 Å². The minimum Gasteiger partial charge on any atom is -0.493 e. The van der Waals surface area contributed by atoms with Crippen LogP contribution >= 0.6 is 11.6 Å². The summed E-state index contributed by atoms with van der Waals surface area (Å²) >= 11 is 6.22. The third kappa shape index (κ3) is 6.64. The number of amides is 1. The number of methoxy groups -OCH3 is 1. The molecule has 0 aromatic heterocycles. The highest BCUT2D eigenvalue weighted by atomic mass is 35.5. The zero-order valence-electron chi connectivity index (χ0n) is 15.4. The summed E-state index contributed by atoms with van der Waals surface area (Å²) in [6.07, 6.45) is 0.826. The molecule has 0 bridgehead atoms. The second-order valence-corrected chi connectivity index (χ2v) is 6.14. The molecule has 0 fully saturated rings. The first-order chi connectivity index (χ1) is 13.0. The highest BCUT2D eigenvalue weighted by molar-refractivity contribution is 6.32. The molecule has 146 valence electrons. The van der Waals surface area contributed by atoms with E-state index in [0.29, 0.717) is 54.9 Å². The molecule has 0 aliphatic carbocycles. The predicted molar refractivity (Wildman–Crippen MR) is 102 cm³/mol. The minimum atomic E-state index is -0.352. The van der Waals surface area contributed by atoms with Crippen LogP contribution in [0.25, 0.3) is 0 Å². The van der Waals surface area contributed by atoms with Crippen LogP contribution in [0, 0.1) is 5.82 Å². The molecule has 1 amide bonds. The van der Waals surface area contributed by atoms with E-state index in [2.05, 4.69) is 5.32 Å². The Kier molecular flexibility index (Phi) is 8.20. The summed E-state index contributed by atoms with van der Waals surface area (Å²) in [5, 5.41) is 3.26. The summed E-state index contributed by atoms with van der Waals surface area (Å²) in [5.41, 5.74) is 0.810. The van der Waals surface area contributed by atoms with Crippen LogP contribution in [-0.2, 0) is 11.3 Å². The standard InChI is InChI=1S/C20H23ClFNO4/c1-3-26-20-17(21)10-14(11-18(20)25-2)13-23-19(24)8-5-9-27-16-7-4-6-15(22)12-16/h4,6-7,10-12H,3,5,8-9,13H2,1-2H3,(H,23,24). The molecule has 2 aromatic carbocycles. The summed E-state index contributed by atoms with van der Waals surface area (Å²) in [6.45, 7) is 3.00. The maximum atomic E-state index is 13.0. The lowest BCUT2D eigenvalue weighted by Gasteiger charge is -2.13. The number of nitrogens with one attached hydrogen (secondary N) is 1. The third-order valence-corrected chi connectivity index (χ3v) is 3.96. The van der Waals surface area contributed by atoms with Gasteiger partial charge in [0.1, 0.15) is 11.6 Å². The molecule has 0 saturated heterocycles. The van der Waals surface area contributed by atoms with Crippen molar-refractivity contribution in [2.75, 3.05) is 20.3 Å². The molecule has 0 aliphatic heterocycles. The number of hydrogen-bond acceptors (Lipinski definition) is 4. The van der Waals surface area contributed by atoms with Crippen LogP contribution in [-0.4, -0.2) is 26.2 Å². The Bertz CT molecular complexity index is 770. The van der Waals surface area contributed by atoms with Gasteiger partial charge in [-0.1, -0.05) is 17.7 Å². The normalized spacial score (nSPS) is 10.4. The Morgan fingerprint density at radius 3 is 2.74 bits per heavy atom. The van der Waals surface area contributed by atoms with Crippen molar-refractivity contribution in [2.45, 2.75) is 26.3 Å². The summed E-state index contributed by atoms with van der Waals surface area (Å²) in [4.78, 5) is 12.0. The Morgan fingerprint density at radius 1 is 1.22 bits per heavy atom. The van der Waals surface area contributed by atoms with Crippen molar-refractivity contribution in [1.82, 2.24) is 5.32 Å². The number of carbonyl (C=O) groups is 1. The Balaban J connectivity index is 1.77. The topological polar surface area (TPSA) is 56.8 Å². The third-order valence-electron chi connectivity index (χ3n) is 3.68. The Morgan fingerprint density at radius 2 is 2.04 bits per heavy atom. The van der Waals surface area contributed by atoms with E-state index in [9.17, 15) is 9.18 Å². The van der Waals surface area contributed by atoms with Crippen molar-refractivity contribution in [3.05, 3.63) is 52.8 Å². The maximum absolute atomic E-state index is 13.0. The molecule has 0 unspecified atom stereocenters. The highest BCUT2D eigenvalue weighted by Gasteiger charge is 2.12. The van der Waals surface area contributed by atoms with E-state index >= 15 is 0 Å². The van der Waals surface area contributed by atoms with Gasteiger partial charge >= 0.3 is 0 Å². The van der Waals surface area contributed by atoms with Crippen molar-refractivity contribution in [1.29, 1.82) is 0 Å². The van der Waals surface area contributed by atoms with E-state index in [1.54, 1.807) is 24.3 Å². The molecule has 0 radical (unpaired) electrons. The average Bonchev–Trinajstić information content (AvgIpc) is 2.65. The SMILES string of the molecule is CCOc1c(Cl)cc(CNC(=O)CCCOc2cccc(F)c2)cc1OC. The number of halogens is 2. The molecule has 2 aromatic rings. The molecule has 27 heavy (non-hydrogen) atoms. The van der Waals surface area contributed by atoms with E-state index in [0.717, 1.165) is 5.56 Å². The largest absolute Gasteiger partial charge is 0.493 e. The Hall–Kier alpha value is -2.47. The van der Waals surface area contributed by atoms with Gasteiger partial charge < -0.3 is 19.5 Å². The van der Waals surface area contributed by atoms with E-state index in [4.69, 9.17) is 25.8 Å². The van der Waals surface area contributed by atoms with Gasteiger partial charge in [-0.05, 0) is 43.2 Å². The van der Waals surface area contributed by atoms with Crippen LogP contribution in [0.15, 0.2) is 36.4 Å². The molecule has 0 atom stereocenters. The summed E-state index contributed by atoms with van der Waals surface area (Å²) in [7, 11) is 1.54. The van der Waals surface area contributed by atoms with Crippen LogP contribution in [0.4, 0.5) is 4.39 Å². The molecule has 2 rings (SSSR count). The molecule has 0 aliphatic rings. The first kappa shape index (κ1) is 20.8. The van der Waals surface area contributed by atoms with Gasteiger partial charge in [0.15, 0.2) is 11.5 Å². The Labute approximate surface area is 163 Å². The molecule has 0 saturated carbocycles. The fourth-order valence-electron chi connectivity index (χ4n) is 2.43. The highest BCUT2D eigenvalue weighted by Crippen LogP contribution is 2.36. The lowest BCUT2D eigenvalue weighted by Crippen LogP contribution is -2.23.